The number of aromatic amines is 1. The number of aliphatic hydroxyl groups excluding tert-OH is 2. The van der Waals surface area contributed by atoms with Crippen LogP contribution in [0.25, 0.3) is 11.2 Å². The van der Waals surface area contributed by atoms with Gasteiger partial charge in [0.15, 0.2) is 16.9 Å². The zero-order valence-electron chi connectivity index (χ0n) is 16.3. The summed E-state index contributed by atoms with van der Waals surface area (Å²) >= 11 is 1.42. The molecule has 1 saturated heterocycles. The fourth-order valence-corrected chi connectivity index (χ4v) is 4.53. The molecule has 0 saturated carbocycles. The van der Waals surface area contributed by atoms with Crippen LogP contribution in [-0.4, -0.2) is 64.4 Å². The average Bonchev–Trinajstić information content (AvgIpc) is 3.35. The minimum absolute atomic E-state index is 0.0186. The van der Waals surface area contributed by atoms with Crippen LogP contribution in [0.15, 0.2) is 22.6 Å². The number of hydrogen-bond acceptors (Lipinski definition) is 10. The fraction of sp³-hybridized carbons (Fsp3) is 0.438. The number of thiophene rings is 1. The van der Waals surface area contributed by atoms with Gasteiger partial charge in [-0.3, -0.25) is 18.9 Å². The Kier molecular flexibility index (Phi) is 5.52. The van der Waals surface area contributed by atoms with E-state index in [-0.39, 0.29) is 17.1 Å². The summed E-state index contributed by atoms with van der Waals surface area (Å²) in [5, 5.41) is 26.6. The number of imidazole rings is 1. The normalized spacial score (nSPS) is 26.6. The third-order valence-corrected chi connectivity index (χ3v) is 6.45. The van der Waals surface area contributed by atoms with Gasteiger partial charge in [-0.05, 0) is 30.9 Å². The molecule has 0 unspecified atom stereocenters. The maximum Gasteiger partial charge on any atom is 0.469 e. The minimum Gasteiger partial charge on any atom is -0.387 e. The van der Waals surface area contributed by atoms with E-state index in [1.54, 1.807) is 0 Å². The number of ether oxygens (including phenoxy) is 1. The standard InChI is InChI=1S/C16H20N5O8PS/c1-7-3-4-31-14(7)20-15-18-12-9(13(24)19-15)17-6-21(12)16(2)11(23)10(22)8(29-16)5-28-30(25,26)27/h3-4,6,8,10-11,22-23H,5H2,1-2H3,(H2,25,26,27)(H2,18,19,20,24)/t8-,10-,11-,16-/m1/s1. The first-order valence-electron chi connectivity index (χ1n) is 9.02. The van der Waals surface area contributed by atoms with Gasteiger partial charge in [0.2, 0.25) is 5.95 Å². The topological polar surface area (TPSA) is 192 Å². The monoisotopic (exact) mass is 473 g/mol. The number of rotatable bonds is 6. The Morgan fingerprint density at radius 2 is 2.19 bits per heavy atom. The summed E-state index contributed by atoms with van der Waals surface area (Å²) < 4.78 is 22.4. The first kappa shape index (κ1) is 22.0. The van der Waals surface area contributed by atoms with E-state index in [1.807, 2.05) is 18.4 Å². The van der Waals surface area contributed by atoms with Crippen molar-refractivity contribution >= 4 is 41.3 Å². The molecule has 4 atom stereocenters. The number of anilines is 2. The molecule has 1 aliphatic heterocycles. The van der Waals surface area contributed by atoms with Gasteiger partial charge in [0.25, 0.3) is 5.56 Å². The van der Waals surface area contributed by atoms with Gasteiger partial charge in [0.05, 0.1) is 17.9 Å². The Labute approximate surface area is 178 Å². The van der Waals surface area contributed by atoms with E-state index in [0.29, 0.717) is 0 Å². The quantitative estimate of drug-likeness (QED) is 0.267. The molecule has 4 rings (SSSR count). The van der Waals surface area contributed by atoms with Crippen molar-refractivity contribution in [2.75, 3.05) is 11.9 Å². The molecule has 3 aromatic rings. The largest absolute Gasteiger partial charge is 0.469 e. The lowest BCUT2D eigenvalue weighted by Gasteiger charge is -2.29. The Morgan fingerprint density at radius 3 is 2.84 bits per heavy atom. The molecule has 1 aliphatic rings. The molecule has 4 heterocycles. The Balaban J connectivity index is 1.70. The number of fused-ring (bicyclic) bond motifs is 1. The first-order valence-corrected chi connectivity index (χ1v) is 11.4. The molecular formula is C16H20N5O8PS. The Bertz CT molecular complexity index is 1220. The molecule has 0 radical (unpaired) electrons. The van der Waals surface area contributed by atoms with E-state index in [1.165, 1.54) is 29.2 Å². The third-order valence-electron chi connectivity index (χ3n) is 5.03. The van der Waals surface area contributed by atoms with Gasteiger partial charge in [-0.1, -0.05) is 0 Å². The molecule has 6 N–H and O–H groups in total. The molecule has 168 valence electrons. The minimum atomic E-state index is -4.81. The van der Waals surface area contributed by atoms with Crippen LogP contribution in [0, 0.1) is 6.92 Å². The first-order chi connectivity index (χ1) is 14.5. The summed E-state index contributed by atoms with van der Waals surface area (Å²) in [5.41, 5.74) is -1.16. The van der Waals surface area contributed by atoms with Crippen LogP contribution in [0.2, 0.25) is 0 Å². The molecule has 0 amide bonds. The third kappa shape index (κ3) is 4.04. The molecule has 1 fully saturated rings. The van der Waals surface area contributed by atoms with Gasteiger partial charge in [-0.25, -0.2) is 9.55 Å². The summed E-state index contributed by atoms with van der Waals surface area (Å²) in [6.07, 6.45) is -3.08. The molecule has 0 spiro atoms. The lowest BCUT2D eigenvalue weighted by Crippen LogP contribution is -2.43. The van der Waals surface area contributed by atoms with Crippen LogP contribution < -0.4 is 10.9 Å². The molecule has 13 nitrogen and oxygen atoms in total. The van der Waals surface area contributed by atoms with E-state index < -0.39 is 44.0 Å². The number of aryl methyl sites for hydroxylation is 1. The number of H-pyrrole nitrogens is 1. The van der Waals surface area contributed by atoms with Crippen LogP contribution in [-0.2, 0) is 19.6 Å². The maximum absolute atomic E-state index is 12.5. The molecule has 31 heavy (non-hydrogen) atoms. The zero-order chi connectivity index (χ0) is 22.6. The van der Waals surface area contributed by atoms with Gasteiger partial charge in [0, 0.05) is 0 Å². The summed E-state index contributed by atoms with van der Waals surface area (Å²) in [6, 6.07) is 1.90. The number of aliphatic hydroxyl groups is 2. The molecule has 0 aromatic carbocycles. The smallest absolute Gasteiger partial charge is 0.387 e. The highest BCUT2D eigenvalue weighted by Crippen LogP contribution is 2.41. The van der Waals surface area contributed by atoms with Crippen LogP contribution in [0.5, 0.6) is 0 Å². The number of phosphoric ester groups is 1. The van der Waals surface area contributed by atoms with E-state index in [4.69, 9.17) is 14.5 Å². The van der Waals surface area contributed by atoms with Gasteiger partial charge in [0.1, 0.15) is 18.3 Å². The van der Waals surface area contributed by atoms with E-state index in [0.717, 1.165) is 10.6 Å². The van der Waals surface area contributed by atoms with Gasteiger partial charge in [-0.15, -0.1) is 11.3 Å². The highest BCUT2D eigenvalue weighted by Gasteiger charge is 2.53. The highest BCUT2D eigenvalue weighted by atomic mass is 32.1. The number of aromatic nitrogens is 4. The highest BCUT2D eigenvalue weighted by molar-refractivity contribution is 7.46. The molecule has 15 heteroatoms. The average molecular weight is 473 g/mol. The summed E-state index contributed by atoms with van der Waals surface area (Å²) in [6.45, 7) is 2.66. The Morgan fingerprint density at radius 1 is 1.45 bits per heavy atom. The molecule has 0 bridgehead atoms. The van der Waals surface area contributed by atoms with Crippen LogP contribution in [0.3, 0.4) is 0 Å². The Hall–Kier alpha value is -2.16. The van der Waals surface area contributed by atoms with E-state index >= 15 is 0 Å². The summed E-state index contributed by atoms with van der Waals surface area (Å²) in [4.78, 5) is 41.3. The lowest BCUT2D eigenvalue weighted by atomic mass is 10.0. The molecular weight excluding hydrogens is 453 g/mol. The molecule has 0 aliphatic carbocycles. The van der Waals surface area contributed by atoms with Crippen molar-refractivity contribution in [1.29, 1.82) is 0 Å². The second kappa shape index (κ2) is 7.76. The number of nitrogens with zero attached hydrogens (tertiary/aromatic N) is 3. The van der Waals surface area contributed by atoms with Gasteiger partial charge >= 0.3 is 7.82 Å². The van der Waals surface area contributed by atoms with Crippen LogP contribution >= 0.6 is 19.2 Å². The van der Waals surface area contributed by atoms with Crippen molar-refractivity contribution in [3.05, 3.63) is 33.7 Å². The number of hydrogen-bond donors (Lipinski definition) is 6. The number of phosphoric acid groups is 1. The van der Waals surface area contributed by atoms with Gasteiger partial charge < -0.3 is 30.1 Å². The van der Waals surface area contributed by atoms with E-state index in [2.05, 4.69) is 24.8 Å². The van der Waals surface area contributed by atoms with Crippen molar-refractivity contribution in [3.8, 4) is 0 Å². The van der Waals surface area contributed by atoms with Crippen molar-refractivity contribution < 1.29 is 33.8 Å². The van der Waals surface area contributed by atoms with Gasteiger partial charge in [-0.2, -0.15) is 4.98 Å². The van der Waals surface area contributed by atoms with Crippen molar-refractivity contribution in [1.82, 2.24) is 19.5 Å². The maximum atomic E-state index is 12.5. The predicted molar refractivity (Wildman–Crippen MR) is 109 cm³/mol. The number of nitrogens with one attached hydrogen (secondary N) is 2. The SMILES string of the molecule is Cc1ccsc1Nc1nc2c(ncn2[C@]2(C)O[C@H](COP(=O)(O)O)[C@@H](O)[C@H]2O)c(=O)[nH]1. The predicted octanol–water partition coefficient (Wildman–Crippen LogP) is 0.136. The lowest BCUT2D eigenvalue weighted by molar-refractivity contribution is -0.131. The second-order valence-electron chi connectivity index (χ2n) is 7.19. The second-order valence-corrected chi connectivity index (χ2v) is 9.35. The van der Waals surface area contributed by atoms with Crippen molar-refractivity contribution in [2.24, 2.45) is 0 Å². The fourth-order valence-electron chi connectivity index (χ4n) is 3.37. The van der Waals surface area contributed by atoms with Crippen molar-refractivity contribution in [2.45, 2.75) is 37.9 Å². The van der Waals surface area contributed by atoms with E-state index in [9.17, 15) is 19.6 Å². The summed E-state index contributed by atoms with van der Waals surface area (Å²) in [5.74, 6) is 0.141. The molecule has 3 aromatic heterocycles. The van der Waals surface area contributed by atoms with Crippen LogP contribution in [0.1, 0.15) is 12.5 Å². The van der Waals surface area contributed by atoms with Crippen molar-refractivity contribution in [3.63, 3.8) is 0 Å². The zero-order valence-corrected chi connectivity index (χ0v) is 18.0. The summed E-state index contributed by atoms with van der Waals surface area (Å²) in [7, 11) is -4.81. The van der Waals surface area contributed by atoms with Crippen LogP contribution in [0.4, 0.5) is 10.9 Å².